The number of imidazole rings is 1. The number of H-pyrrole nitrogens is 1. The fourth-order valence-corrected chi connectivity index (χ4v) is 4.37. The normalized spacial score (nSPS) is 13.9. The van der Waals surface area contributed by atoms with E-state index in [2.05, 4.69) is 25.0 Å². The number of aliphatic hydroxyl groups is 1. The zero-order chi connectivity index (χ0) is 22.1. The molecule has 0 bridgehead atoms. The fourth-order valence-electron chi connectivity index (χ4n) is 3.58. The van der Waals surface area contributed by atoms with E-state index in [0.717, 1.165) is 39.1 Å². The molecule has 1 unspecified atom stereocenters. The quantitative estimate of drug-likeness (QED) is 0.334. The average molecular weight is 442 g/mol. The molecule has 4 N–H and O–H groups in total. The molecular weight excluding hydrogens is 414 g/mol. The van der Waals surface area contributed by atoms with E-state index in [4.69, 9.17) is 4.98 Å². The van der Waals surface area contributed by atoms with E-state index < -0.39 is 11.0 Å². The number of aliphatic hydroxyl groups excluding tert-OH is 1. The van der Waals surface area contributed by atoms with Crippen molar-refractivity contribution in [3.8, 4) is 11.4 Å². The van der Waals surface area contributed by atoms with Gasteiger partial charge in [0.2, 0.25) is 0 Å². The van der Waals surface area contributed by atoms with Gasteiger partial charge in [0.05, 0.1) is 46.0 Å². The minimum atomic E-state index is -1.22. The van der Waals surface area contributed by atoms with Crippen molar-refractivity contribution in [2.24, 2.45) is 7.05 Å². The van der Waals surface area contributed by atoms with Gasteiger partial charge in [-0.1, -0.05) is 6.07 Å². The van der Waals surface area contributed by atoms with E-state index in [1.165, 1.54) is 0 Å². The highest BCUT2D eigenvalue weighted by Gasteiger charge is 2.19. The first kappa shape index (κ1) is 21.4. The zero-order valence-corrected chi connectivity index (χ0v) is 18.8. The number of rotatable bonds is 8. The van der Waals surface area contributed by atoms with Gasteiger partial charge in [-0.15, -0.1) is 0 Å². The molecule has 4 aromatic rings. The summed E-state index contributed by atoms with van der Waals surface area (Å²) >= 11 is 0. The Morgan fingerprint density at radius 2 is 2.10 bits per heavy atom. The van der Waals surface area contributed by atoms with Crippen molar-refractivity contribution in [3.05, 3.63) is 36.3 Å². The van der Waals surface area contributed by atoms with E-state index >= 15 is 0 Å². The summed E-state index contributed by atoms with van der Waals surface area (Å²) in [6, 6.07) is 7.44. The zero-order valence-electron chi connectivity index (χ0n) is 18.0. The Bertz CT molecular complexity index is 1250. The van der Waals surface area contributed by atoms with E-state index in [-0.39, 0.29) is 17.9 Å². The summed E-state index contributed by atoms with van der Waals surface area (Å²) in [5.74, 6) is 0.710. The first-order chi connectivity index (χ1) is 14.9. The highest BCUT2D eigenvalue weighted by molar-refractivity contribution is 7.83. The second-order valence-electron chi connectivity index (χ2n) is 7.68. The number of nitrogens with zero attached hydrogens (tertiary/aromatic N) is 4. The third-order valence-electron chi connectivity index (χ3n) is 5.18. The Morgan fingerprint density at radius 3 is 2.81 bits per heavy atom. The molecule has 31 heavy (non-hydrogen) atoms. The number of hydrogen-bond acceptors (Lipinski definition) is 6. The molecule has 0 saturated heterocycles. The van der Waals surface area contributed by atoms with Crippen molar-refractivity contribution in [3.63, 3.8) is 0 Å². The third kappa shape index (κ3) is 4.06. The summed E-state index contributed by atoms with van der Waals surface area (Å²) in [4.78, 5) is 17.3. The predicted molar refractivity (Wildman–Crippen MR) is 124 cm³/mol. The predicted octanol–water partition coefficient (Wildman–Crippen LogP) is 2.64. The lowest BCUT2D eigenvalue weighted by molar-refractivity contribution is 0.272. The number of pyridine rings is 2. The molecule has 0 radical (unpaired) electrons. The minimum Gasteiger partial charge on any atom is -0.396 e. The monoisotopic (exact) mass is 441 g/mol. The number of aromatic nitrogens is 5. The maximum atomic E-state index is 12.3. The molecule has 164 valence electrons. The summed E-state index contributed by atoms with van der Waals surface area (Å²) in [6.07, 6.45) is 2.20. The maximum absolute atomic E-state index is 12.3. The topological polar surface area (TPSA) is 121 Å². The lowest BCUT2D eigenvalue weighted by Crippen LogP contribution is -2.29. The summed E-state index contributed by atoms with van der Waals surface area (Å²) in [6.45, 7) is 3.75. The second-order valence-corrected chi connectivity index (χ2v) is 9.46. The summed E-state index contributed by atoms with van der Waals surface area (Å²) in [5, 5.41) is 13.5. The van der Waals surface area contributed by atoms with Crippen LogP contribution in [-0.4, -0.2) is 52.7 Å². The van der Waals surface area contributed by atoms with E-state index in [9.17, 15) is 9.32 Å². The second kappa shape index (κ2) is 8.74. The van der Waals surface area contributed by atoms with Gasteiger partial charge in [-0.3, -0.25) is 0 Å². The smallest absolute Gasteiger partial charge is 0.156 e. The fraction of sp³-hybridized carbons (Fsp3) is 0.381. The van der Waals surface area contributed by atoms with E-state index in [1.807, 2.05) is 56.8 Å². The van der Waals surface area contributed by atoms with Crippen LogP contribution in [0.15, 0.2) is 30.6 Å². The molecule has 0 aromatic carbocycles. The van der Waals surface area contributed by atoms with Crippen molar-refractivity contribution in [2.75, 3.05) is 19.0 Å². The van der Waals surface area contributed by atoms with Crippen LogP contribution in [0.25, 0.3) is 33.5 Å². The van der Waals surface area contributed by atoms with Gasteiger partial charge in [-0.05, 0) is 38.5 Å². The Hall–Kier alpha value is -2.82. The lowest BCUT2D eigenvalue weighted by Gasteiger charge is -2.18. The molecule has 0 aliphatic heterocycles. The van der Waals surface area contributed by atoms with Crippen molar-refractivity contribution >= 4 is 38.9 Å². The van der Waals surface area contributed by atoms with E-state index in [0.29, 0.717) is 12.2 Å². The Morgan fingerprint density at radius 1 is 1.29 bits per heavy atom. The third-order valence-corrected chi connectivity index (χ3v) is 6.55. The first-order valence-corrected chi connectivity index (χ1v) is 11.4. The Kier molecular flexibility index (Phi) is 6.03. The molecule has 2 atom stereocenters. The van der Waals surface area contributed by atoms with Crippen LogP contribution >= 0.6 is 0 Å². The van der Waals surface area contributed by atoms with Crippen LogP contribution in [0.3, 0.4) is 0 Å². The lowest BCUT2D eigenvalue weighted by atomic mass is 10.1. The van der Waals surface area contributed by atoms with E-state index in [1.54, 1.807) is 6.33 Å². The molecule has 4 rings (SSSR count). The number of anilines is 1. The van der Waals surface area contributed by atoms with Crippen LogP contribution in [0.5, 0.6) is 0 Å². The van der Waals surface area contributed by atoms with Crippen LogP contribution in [0.1, 0.15) is 32.0 Å². The van der Waals surface area contributed by atoms with Gasteiger partial charge < -0.3 is 20.0 Å². The van der Waals surface area contributed by atoms with Crippen molar-refractivity contribution in [1.82, 2.24) is 29.2 Å². The number of aryl methyl sites for hydroxylation is 1. The Labute approximate surface area is 182 Å². The van der Waals surface area contributed by atoms with Crippen molar-refractivity contribution in [2.45, 2.75) is 31.6 Å². The van der Waals surface area contributed by atoms with Gasteiger partial charge in [0, 0.05) is 31.3 Å². The Balaban J connectivity index is 1.77. The molecule has 0 aliphatic carbocycles. The molecule has 0 saturated carbocycles. The largest absolute Gasteiger partial charge is 0.396 e. The maximum Gasteiger partial charge on any atom is 0.156 e. The molecule has 0 spiro atoms. The molecule has 4 aromatic heterocycles. The SMILES string of the molecule is CNc1nc2[nH]c(-c3cccc([C@@H](CCO)NS(=O)C(C)C)n3)cc2c2c1ncn2C. The van der Waals surface area contributed by atoms with Gasteiger partial charge >= 0.3 is 0 Å². The van der Waals surface area contributed by atoms with Crippen LogP contribution in [0.4, 0.5) is 5.82 Å². The van der Waals surface area contributed by atoms with Crippen LogP contribution in [-0.2, 0) is 18.0 Å². The number of hydrogen-bond donors (Lipinski definition) is 4. The molecule has 0 fully saturated rings. The van der Waals surface area contributed by atoms with Gasteiger partial charge in [0.25, 0.3) is 0 Å². The molecule has 4 heterocycles. The minimum absolute atomic E-state index is 0.0273. The van der Waals surface area contributed by atoms with Crippen LogP contribution in [0.2, 0.25) is 0 Å². The molecule has 10 heteroatoms. The van der Waals surface area contributed by atoms with Gasteiger partial charge in [-0.25, -0.2) is 23.9 Å². The summed E-state index contributed by atoms with van der Waals surface area (Å²) in [7, 11) is 2.56. The van der Waals surface area contributed by atoms with Crippen molar-refractivity contribution in [1.29, 1.82) is 0 Å². The van der Waals surface area contributed by atoms with Crippen LogP contribution in [0, 0.1) is 0 Å². The number of fused-ring (bicyclic) bond motifs is 3. The molecule has 9 nitrogen and oxygen atoms in total. The molecular formula is C21H27N7O2S. The molecule has 0 amide bonds. The van der Waals surface area contributed by atoms with Crippen molar-refractivity contribution < 1.29 is 9.32 Å². The van der Waals surface area contributed by atoms with Gasteiger partial charge in [0.15, 0.2) is 5.82 Å². The van der Waals surface area contributed by atoms with Crippen LogP contribution < -0.4 is 10.0 Å². The van der Waals surface area contributed by atoms with Gasteiger partial charge in [0.1, 0.15) is 11.2 Å². The highest BCUT2D eigenvalue weighted by atomic mass is 32.2. The highest BCUT2D eigenvalue weighted by Crippen LogP contribution is 2.31. The average Bonchev–Trinajstić information content (AvgIpc) is 3.36. The standard InChI is InChI=1S/C21H27N7O2S/c1-12(2)31(30)27-16(8-9-29)14-6-5-7-15(24-14)17-10-13-19-18(23-11-28(19)4)21(22-3)26-20(13)25-17/h5-7,10-12,16,27,29H,8-9H2,1-4H3,(H2,22,25,26)/t16-,31?/m1/s1. The summed E-state index contributed by atoms with van der Waals surface area (Å²) < 4.78 is 17.4. The number of aromatic amines is 1. The summed E-state index contributed by atoms with van der Waals surface area (Å²) in [5.41, 5.74) is 4.85. The molecule has 0 aliphatic rings. The van der Waals surface area contributed by atoms with Gasteiger partial charge in [-0.2, -0.15) is 0 Å². The first-order valence-electron chi connectivity index (χ1n) is 10.2. The number of nitrogens with one attached hydrogen (secondary N) is 3.